The third-order valence-corrected chi connectivity index (χ3v) is 3.08. The van der Waals surface area contributed by atoms with Crippen LogP contribution in [0.15, 0.2) is 0 Å². The van der Waals surface area contributed by atoms with E-state index in [0.29, 0.717) is 26.1 Å². The maximum absolute atomic E-state index is 12.1. The summed E-state index contributed by atoms with van der Waals surface area (Å²) in [6, 6.07) is -0.122. The zero-order chi connectivity index (χ0) is 15.3. The van der Waals surface area contributed by atoms with Crippen LogP contribution in [0.1, 0.15) is 40.5 Å². The Morgan fingerprint density at radius 1 is 1.45 bits per heavy atom. The van der Waals surface area contributed by atoms with Gasteiger partial charge >= 0.3 is 6.09 Å². The van der Waals surface area contributed by atoms with Crippen LogP contribution in [-0.4, -0.2) is 59.4 Å². The van der Waals surface area contributed by atoms with Crippen molar-refractivity contribution in [1.82, 2.24) is 9.80 Å². The van der Waals surface area contributed by atoms with Crippen LogP contribution in [0.3, 0.4) is 0 Å². The highest BCUT2D eigenvalue weighted by atomic mass is 16.6. The fourth-order valence-corrected chi connectivity index (χ4v) is 2.13. The van der Waals surface area contributed by atoms with Crippen molar-refractivity contribution in [3.05, 3.63) is 0 Å². The second-order valence-electron chi connectivity index (χ2n) is 6.07. The van der Waals surface area contributed by atoms with Crippen molar-refractivity contribution in [2.45, 2.75) is 52.2 Å². The second kappa shape index (κ2) is 6.72. The van der Waals surface area contributed by atoms with Gasteiger partial charge in [-0.25, -0.2) is 4.79 Å². The molecule has 0 aromatic carbocycles. The molecule has 1 atom stereocenters. The van der Waals surface area contributed by atoms with Crippen LogP contribution >= 0.6 is 0 Å². The average molecular weight is 284 g/mol. The Kier molecular flexibility index (Phi) is 5.53. The predicted octanol–water partition coefficient (Wildman–Crippen LogP) is 1.43. The first-order valence-corrected chi connectivity index (χ1v) is 6.95. The molecule has 0 radical (unpaired) electrons. The van der Waals surface area contributed by atoms with Gasteiger partial charge in [0.1, 0.15) is 11.9 Å². The van der Waals surface area contributed by atoms with Gasteiger partial charge in [-0.15, -0.1) is 0 Å². The van der Waals surface area contributed by atoms with Gasteiger partial charge < -0.3 is 19.3 Å². The molecule has 1 saturated heterocycles. The van der Waals surface area contributed by atoms with Crippen LogP contribution in [0, 0.1) is 0 Å². The Morgan fingerprint density at radius 2 is 2.10 bits per heavy atom. The number of hydrogen-bond donors (Lipinski definition) is 0. The molecule has 1 aliphatic heterocycles. The number of ether oxygens (including phenoxy) is 1. The minimum Gasteiger partial charge on any atom is -0.444 e. The molecule has 20 heavy (non-hydrogen) atoms. The Morgan fingerprint density at radius 3 is 2.65 bits per heavy atom. The van der Waals surface area contributed by atoms with Crippen LogP contribution in [0.2, 0.25) is 0 Å². The molecule has 0 aliphatic carbocycles. The summed E-state index contributed by atoms with van der Waals surface area (Å²) in [5, 5.41) is 0. The van der Waals surface area contributed by atoms with E-state index in [4.69, 9.17) is 4.74 Å². The van der Waals surface area contributed by atoms with Crippen molar-refractivity contribution >= 4 is 18.3 Å². The predicted molar refractivity (Wildman–Crippen MR) is 74.3 cm³/mol. The van der Waals surface area contributed by atoms with Gasteiger partial charge in [0.15, 0.2) is 0 Å². The van der Waals surface area contributed by atoms with Gasteiger partial charge in [0, 0.05) is 38.5 Å². The number of rotatable bonds is 3. The summed E-state index contributed by atoms with van der Waals surface area (Å²) < 4.78 is 5.36. The van der Waals surface area contributed by atoms with Crippen molar-refractivity contribution in [2.24, 2.45) is 0 Å². The molecule has 0 spiro atoms. The largest absolute Gasteiger partial charge is 0.444 e. The number of amides is 2. The van der Waals surface area contributed by atoms with Crippen LogP contribution in [-0.2, 0) is 14.3 Å². The normalized spacial score (nSPS) is 20.6. The van der Waals surface area contributed by atoms with Crippen LogP contribution in [0.4, 0.5) is 4.79 Å². The highest BCUT2D eigenvalue weighted by Crippen LogP contribution is 2.16. The van der Waals surface area contributed by atoms with E-state index in [0.717, 1.165) is 6.29 Å². The lowest BCUT2D eigenvalue weighted by Crippen LogP contribution is -2.45. The minimum atomic E-state index is -0.551. The van der Waals surface area contributed by atoms with Gasteiger partial charge in [0.05, 0.1) is 0 Å². The monoisotopic (exact) mass is 284 g/mol. The molecule has 114 valence electrons. The molecule has 6 heteroatoms. The van der Waals surface area contributed by atoms with E-state index in [-0.39, 0.29) is 18.4 Å². The van der Waals surface area contributed by atoms with Crippen molar-refractivity contribution in [2.75, 3.05) is 19.6 Å². The Balaban J connectivity index is 2.70. The molecule has 1 heterocycles. The van der Waals surface area contributed by atoms with Gasteiger partial charge in [-0.2, -0.15) is 0 Å². The first kappa shape index (κ1) is 16.5. The average Bonchev–Trinajstić information content (AvgIpc) is 2.44. The summed E-state index contributed by atoms with van der Waals surface area (Å²) in [6.45, 7) is 8.53. The second-order valence-corrected chi connectivity index (χ2v) is 6.07. The van der Waals surface area contributed by atoms with E-state index in [9.17, 15) is 14.4 Å². The fourth-order valence-electron chi connectivity index (χ4n) is 2.13. The van der Waals surface area contributed by atoms with Gasteiger partial charge in [-0.3, -0.25) is 4.79 Å². The molecule has 0 saturated carbocycles. The van der Waals surface area contributed by atoms with Crippen LogP contribution in [0.5, 0.6) is 0 Å². The summed E-state index contributed by atoms with van der Waals surface area (Å²) in [4.78, 5) is 37.7. The van der Waals surface area contributed by atoms with E-state index < -0.39 is 11.7 Å². The molecular formula is C14H24N2O4. The van der Waals surface area contributed by atoms with E-state index in [1.54, 1.807) is 9.80 Å². The summed E-state index contributed by atoms with van der Waals surface area (Å²) in [7, 11) is 0. The van der Waals surface area contributed by atoms with E-state index in [2.05, 4.69) is 0 Å². The van der Waals surface area contributed by atoms with Crippen LogP contribution in [0.25, 0.3) is 0 Å². The smallest absolute Gasteiger partial charge is 0.410 e. The Hall–Kier alpha value is -1.59. The number of carbonyl (C=O) groups is 3. The number of nitrogens with zero attached hydrogens (tertiary/aromatic N) is 2. The topological polar surface area (TPSA) is 66.9 Å². The van der Waals surface area contributed by atoms with Gasteiger partial charge in [-0.05, 0) is 27.7 Å². The highest BCUT2D eigenvalue weighted by Gasteiger charge is 2.31. The lowest BCUT2D eigenvalue weighted by Gasteiger charge is -2.31. The molecule has 1 aliphatic rings. The van der Waals surface area contributed by atoms with Crippen LogP contribution < -0.4 is 0 Å². The Labute approximate surface area is 120 Å². The maximum atomic E-state index is 12.1. The molecular weight excluding hydrogens is 260 g/mol. The first-order chi connectivity index (χ1) is 9.24. The zero-order valence-corrected chi connectivity index (χ0v) is 12.7. The molecule has 0 unspecified atom stereocenters. The summed E-state index contributed by atoms with van der Waals surface area (Å²) in [6.07, 6.45) is 0.997. The van der Waals surface area contributed by atoms with Gasteiger partial charge in [0.2, 0.25) is 5.91 Å². The molecule has 1 rings (SSSR count). The summed E-state index contributed by atoms with van der Waals surface area (Å²) in [5.74, 6) is -0.0234. The fraction of sp³-hybridized carbons (Fsp3) is 0.786. The third kappa shape index (κ3) is 4.83. The standard InChI is InChI=1S/C14H24N2O4/c1-11-10-15(7-5-9-17)12(18)6-8-16(11)13(19)20-14(2,3)4/h9,11H,5-8,10H2,1-4H3/t11-/m1/s1. The molecule has 0 bridgehead atoms. The molecule has 0 aromatic heterocycles. The van der Waals surface area contributed by atoms with Crippen molar-refractivity contribution in [3.8, 4) is 0 Å². The van der Waals surface area contributed by atoms with Crippen molar-refractivity contribution in [1.29, 1.82) is 0 Å². The minimum absolute atomic E-state index is 0.0234. The number of hydrogen-bond acceptors (Lipinski definition) is 4. The van der Waals surface area contributed by atoms with E-state index in [1.807, 2.05) is 27.7 Å². The molecule has 0 aromatic rings. The summed E-state index contributed by atoms with van der Waals surface area (Å²) >= 11 is 0. The third-order valence-electron chi connectivity index (χ3n) is 3.08. The zero-order valence-electron chi connectivity index (χ0n) is 12.7. The number of aldehydes is 1. The molecule has 0 N–H and O–H groups in total. The SMILES string of the molecule is C[C@@H]1CN(CCC=O)C(=O)CCN1C(=O)OC(C)(C)C. The number of carbonyl (C=O) groups excluding carboxylic acids is 3. The summed E-state index contributed by atoms with van der Waals surface area (Å²) in [5.41, 5.74) is -0.551. The van der Waals surface area contributed by atoms with E-state index in [1.165, 1.54) is 0 Å². The lowest BCUT2D eigenvalue weighted by atomic mass is 10.2. The van der Waals surface area contributed by atoms with E-state index >= 15 is 0 Å². The molecule has 1 fully saturated rings. The van der Waals surface area contributed by atoms with Crippen molar-refractivity contribution < 1.29 is 19.1 Å². The first-order valence-electron chi connectivity index (χ1n) is 6.95. The van der Waals surface area contributed by atoms with Gasteiger partial charge in [0.25, 0.3) is 0 Å². The van der Waals surface area contributed by atoms with Gasteiger partial charge in [-0.1, -0.05) is 0 Å². The Bertz CT molecular complexity index is 376. The van der Waals surface area contributed by atoms with Crippen molar-refractivity contribution in [3.63, 3.8) is 0 Å². The highest BCUT2D eigenvalue weighted by molar-refractivity contribution is 5.78. The molecule has 6 nitrogen and oxygen atoms in total. The molecule has 2 amide bonds. The quantitative estimate of drug-likeness (QED) is 0.735. The maximum Gasteiger partial charge on any atom is 0.410 e. The lowest BCUT2D eigenvalue weighted by molar-refractivity contribution is -0.130.